The Morgan fingerprint density at radius 1 is 1.32 bits per heavy atom. The summed E-state index contributed by atoms with van der Waals surface area (Å²) in [5.74, 6) is -1.33. The first-order chi connectivity index (χ1) is 13.4. The molecule has 2 N–H and O–H groups in total. The van der Waals surface area contributed by atoms with Gasteiger partial charge in [0.05, 0.1) is 23.0 Å². The minimum absolute atomic E-state index is 0.0511. The third-order valence-corrected chi connectivity index (χ3v) is 5.32. The van der Waals surface area contributed by atoms with Crippen molar-refractivity contribution in [2.45, 2.75) is 25.8 Å². The molecule has 1 aromatic carbocycles. The minimum Gasteiger partial charge on any atom is -0.349 e. The number of hydrogen-bond acceptors (Lipinski definition) is 5. The van der Waals surface area contributed by atoms with E-state index < -0.39 is 11.7 Å². The van der Waals surface area contributed by atoms with Crippen LogP contribution in [-0.4, -0.2) is 32.6 Å². The smallest absolute Gasteiger partial charge is 0.254 e. The van der Waals surface area contributed by atoms with E-state index in [1.54, 1.807) is 23.3 Å². The normalized spacial score (nSPS) is 13.4. The Hall–Kier alpha value is -2.78. The number of halogens is 2. The molecule has 0 bridgehead atoms. The molecule has 144 valence electrons. The van der Waals surface area contributed by atoms with Gasteiger partial charge in [0, 0.05) is 30.3 Å². The van der Waals surface area contributed by atoms with Crippen LogP contribution in [0.25, 0.3) is 16.1 Å². The first kappa shape index (κ1) is 18.6. The van der Waals surface area contributed by atoms with Crippen molar-refractivity contribution in [2.24, 2.45) is 0 Å². The van der Waals surface area contributed by atoms with Gasteiger partial charge in [-0.15, -0.1) is 0 Å². The molecule has 10 heteroatoms. The molecule has 2 aromatic heterocycles. The number of thiazole rings is 1. The number of anilines is 1. The number of rotatable bonds is 5. The zero-order valence-electron chi connectivity index (χ0n) is 14.7. The molecule has 0 radical (unpaired) electrons. The van der Waals surface area contributed by atoms with Crippen molar-refractivity contribution < 1.29 is 14.0 Å². The molecule has 28 heavy (non-hydrogen) atoms. The van der Waals surface area contributed by atoms with Crippen molar-refractivity contribution in [3.63, 3.8) is 0 Å². The van der Waals surface area contributed by atoms with Gasteiger partial charge in [-0.3, -0.25) is 9.59 Å². The summed E-state index contributed by atoms with van der Waals surface area (Å²) in [5.41, 5.74) is 1.08. The lowest BCUT2D eigenvalue weighted by molar-refractivity contribution is -0.114. The van der Waals surface area contributed by atoms with Crippen molar-refractivity contribution in [2.75, 3.05) is 5.32 Å². The molecule has 3 aromatic rings. The molecule has 1 saturated carbocycles. The van der Waals surface area contributed by atoms with Gasteiger partial charge in [0.1, 0.15) is 10.8 Å². The van der Waals surface area contributed by atoms with Gasteiger partial charge in [-0.05, 0) is 25.0 Å². The number of carbonyl (C=O) groups excluding carboxylic acids is 2. The van der Waals surface area contributed by atoms with Crippen LogP contribution in [0.2, 0.25) is 5.02 Å². The maximum atomic E-state index is 14.2. The van der Waals surface area contributed by atoms with Crippen LogP contribution in [0.1, 0.15) is 30.1 Å². The summed E-state index contributed by atoms with van der Waals surface area (Å²) in [6, 6.07) is 2.70. The van der Waals surface area contributed by atoms with E-state index in [2.05, 4.69) is 20.7 Å². The molecular weight excluding hydrogens is 405 g/mol. The van der Waals surface area contributed by atoms with Gasteiger partial charge in [-0.1, -0.05) is 22.9 Å². The van der Waals surface area contributed by atoms with Gasteiger partial charge in [0.15, 0.2) is 5.13 Å². The molecule has 2 heterocycles. The predicted octanol–water partition coefficient (Wildman–Crippen LogP) is 3.64. The molecule has 0 atom stereocenters. The first-order valence-corrected chi connectivity index (χ1v) is 9.69. The van der Waals surface area contributed by atoms with Gasteiger partial charge >= 0.3 is 0 Å². The third kappa shape index (κ3) is 3.90. The third-order valence-electron chi connectivity index (χ3n) is 4.11. The van der Waals surface area contributed by atoms with Crippen molar-refractivity contribution in [3.8, 4) is 16.1 Å². The topological polar surface area (TPSA) is 88.9 Å². The zero-order chi connectivity index (χ0) is 19.8. The summed E-state index contributed by atoms with van der Waals surface area (Å²) in [6.45, 7) is 1.40. The maximum Gasteiger partial charge on any atom is 0.254 e. The number of carbonyl (C=O) groups is 2. The molecule has 1 aliphatic rings. The average Bonchev–Trinajstić information content (AvgIpc) is 3.12. The van der Waals surface area contributed by atoms with E-state index in [1.807, 2.05) is 0 Å². The van der Waals surface area contributed by atoms with Gasteiger partial charge in [0.25, 0.3) is 5.91 Å². The molecule has 1 fully saturated rings. The lowest BCUT2D eigenvalue weighted by Gasteiger charge is -2.08. The van der Waals surface area contributed by atoms with Crippen LogP contribution in [-0.2, 0) is 4.79 Å². The van der Waals surface area contributed by atoms with Gasteiger partial charge < -0.3 is 10.6 Å². The fourth-order valence-electron chi connectivity index (χ4n) is 2.60. The second-order valence-electron chi connectivity index (χ2n) is 6.42. The number of aromatic nitrogens is 3. The van der Waals surface area contributed by atoms with Crippen molar-refractivity contribution in [1.29, 1.82) is 0 Å². The monoisotopic (exact) mass is 419 g/mol. The molecule has 1 aliphatic carbocycles. The summed E-state index contributed by atoms with van der Waals surface area (Å²) in [7, 11) is 0. The minimum atomic E-state index is -0.665. The molecular formula is C18H15ClFN5O2S. The number of nitrogens with one attached hydrogen (secondary N) is 2. The van der Waals surface area contributed by atoms with Gasteiger partial charge in [0.2, 0.25) is 5.91 Å². The van der Waals surface area contributed by atoms with Crippen molar-refractivity contribution in [3.05, 3.63) is 47.1 Å². The number of nitrogens with zero attached hydrogens (tertiary/aromatic N) is 3. The summed E-state index contributed by atoms with van der Waals surface area (Å²) >= 11 is 7.46. The Kier molecular flexibility index (Phi) is 4.86. The van der Waals surface area contributed by atoms with Gasteiger partial charge in [-0.25, -0.2) is 14.1 Å². The highest BCUT2D eigenvalue weighted by atomic mass is 35.5. The molecule has 7 nitrogen and oxygen atoms in total. The Morgan fingerprint density at radius 2 is 2.11 bits per heavy atom. The van der Waals surface area contributed by atoms with Crippen LogP contribution in [0.3, 0.4) is 0 Å². The molecule has 0 unspecified atom stereocenters. The Balaban J connectivity index is 1.63. The zero-order valence-corrected chi connectivity index (χ0v) is 16.3. The van der Waals surface area contributed by atoms with Crippen molar-refractivity contribution >= 4 is 39.9 Å². The molecule has 4 rings (SSSR count). The van der Waals surface area contributed by atoms with E-state index in [-0.39, 0.29) is 22.5 Å². The largest absolute Gasteiger partial charge is 0.349 e. The van der Waals surface area contributed by atoms with Crippen LogP contribution in [0.4, 0.5) is 9.52 Å². The maximum absolute atomic E-state index is 14.2. The quantitative estimate of drug-likeness (QED) is 0.660. The van der Waals surface area contributed by atoms with E-state index in [0.717, 1.165) is 18.9 Å². The van der Waals surface area contributed by atoms with E-state index in [9.17, 15) is 14.0 Å². The van der Waals surface area contributed by atoms with E-state index in [1.165, 1.54) is 24.3 Å². The fourth-order valence-corrected chi connectivity index (χ4v) is 3.65. The Morgan fingerprint density at radius 3 is 2.82 bits per heavy atom. The number of amides is 2. The second kappa shape index (κ2) is 7.33. The highest BCUT2D eigenvalue weighted by Crippen LogP contribution is 2.32. The summed E-state index contributed by atoms with van der Waals surface area (Å²) in [6.07, 6.45) is 6.67. The average molecular weight is 420 g/mol. The van der Waals surface area contributed by atoms with Crippen LogP contribution in [0, 0.1) is 5.82 Å². The van der Waals surface area contributed by atoms with Crippen LogP contribution >= 0.6 is 22.9 Å². The highest BCUT2D eigenvalue weighted by Gasteiger charge is 2.26. The highest BCUT2D eigenvalue weighted by molar-refractivity contribution is 7.18. The van der Waals surface area contributed by atoms with Crippen LogP contribution < -0.4 is 10.6 Å². The Labute approximate surface area is 168 Å². The SMILES string of the molecule is CC(=O)Nc1ncc(-n2cc(-c3cc(C(=O)NC4CC4)c(F)cc3Cl)cn2)s1. The lowest BCUT2D eigenvalue weighted by atomic mass is 10.0. The molecule has 0 saturated heterocycles. The van der Waals surface area contributed by atoms with Gasteiger partial charge in [-0.2, -0.15) is 5.10 Å². The fraction of sp³-hybridized carbons (Fsp3) is 0.222. The number of benzene rings is 1. The van der Waals surface area contributed by atoms with Crippen LogP contribution in [0.15, 0.2) is 30.7 Å². The predicted molar refractivity (Wildman–Crippen MR) is 104 cm³/mol. The van der Waals surface area contributed by atoms with E-state index >= 15 is 0 Å². The van der Waals surface area contributed by atoms with E-state index in [4.69, 9.17) is 11.6 Å². The summed E-state index contributed by atoms with van der Waals surface area (Å²) in [5, 5.41) is 11.0. The molecule has 2 amide bonds. The van der Waals surface area contributed by atoms with E-state index in [0.29, 0.717) is 21.3 Å². The standard InChI is InChI=1S/C18H15ClFN5O2S/c1-9(26)23-18-21-7-16(28-18)25-8-10(6-22-25)12-4-13(15(20)5-14(12)19)17(27)24-11-2-3-11/h4-8,11H,2-3H2,1H3,(H,24,27)(H,21,23,26). The molecule has 0 aliphatic heterocycles. The first-order valence-electron chi connectivity index (χ1n) is 8.49. The lowest BCUT2D eigenvalue weighted by Crippen LogP contribution is -2.26. The second-order valence-corrected chi connectivity index (χ2v) is 7.83. The summed E-state index contributed by atoms with van der Waals surface area (Å²) in [4.78, 5) is 27.5. The van der Waals surface area contributed by atoms with Crippen molar-refractivity contribution in [1.82, 2.24) is 20.1 Å². The van der Waals surface area contributed by atoms with Crippen LogP contribution in [0.5, 0.6) is 0 Å². The molecule has 0 spiro atoms. The number of hydrogen-bond donors (Lipinski definition) is 2. The Bertz CT molecular complexity index is 1080. The summed E-state index contributed by atoms with van der Waals surface area (Å²) < 4.78 is 15.8.